The number of benzene rings is 2. The van der Waals surface area contributed by atoms with Crippen LogP contribution in [0.1, 0.15) is 47.2 Å². The zero-order valence-corrected chi connectivity index (χ0v) is 20.7. The molecule has 4 rings (SSSR count). The van der Waals surface area contributed by atoms with Gasteiger partial charge in [-0.15, -0.1) is 0 Å². The predicted molar refractivity (Wildman–Crippen MR) is 136 cm³/mol. The van der Waals surface area contributed by atoms with Crippen LogP contribution in [0.15, 0.2) is 48.5 Å². The molecule has 36 heavy (non-hydrogen) atoms. The molecule has 0 saturated carbocycles. The quantitative estimate of drug-likeness (QED) is 0.326. The highest BCUT2D eigenvalue weighted by Crippen LogP contribution is 2.31. The number of piperidine rings is 1. The molecule has 2 aromatic rings. The second kappa shape index (κ2) is 12.3. The third-order valence-corrected chi connectivity index (χ3v) is 7.11. The van der Waals surface area contributed by atoms with Crippen LogP contribution in [-0.4, -0.2) is 78.6 Å². The number of ether oxygens (including phenoxy) is 1. The molecule has 2 aromatic carbocycles. The fourth-order valence-electron chi connectivity index (χ4n) is 4.91. The van der Waals surface area contributed by atoms with Gasteiger partial charge in [-0.1, -0.05) is 24.3 Å². The topological polar surface area (TPSA) is 114 Å². The third-order valence-electron chi connectivity index (χ3n) is 7.11. The number of carbonyl (C=O) groups excluding carboxylic acids is 2. The maximum atomic E-state index is 12.5. The number of anilines is 1. The first-order valence-electron chi connectivity index (χ1n) is 12.6. The molecule has 2 aliphatic rings. The van der Waals surface area contributed by atoms with Crippen LogP contribution in [0.4, 0.5) is 5.69 Å². The highest BCUT2D eigenvalue weighted by molar-refractivity contribution is 5.97. The van der Waals surface area contributed by atoms with Crippen LogP contribution in [0, 0.1) is 0 Å². The SMILES string of the molecule is C[C@@H](O)[C@H](NC(=O)c1ccc(N2CCC(c3ccc(CN4CCOCC4)cc3)CC2)cc1)C(=O)NO. The summed E-state index contributed by atoms with van der Waals surface area (Å²) in [5.41, 5.74) is 5.63. The third kappa shape index (κ3) is 6.61. The summed E-state index contributed by atoms with van der Waals surface area (Å²) in [5, 5.41) is 21.0. The van der Waals surface area contributed by atoms with Crippen LogP contribution in [0.3, 0.4) is 0 Å². The molecule has 194 valence electrons. The molecule has 0 bridgehead atoms. The average molecular weight is 497 g/mol. The Morgan fingerprint density at radius 3 is 2.22 bits per heavy atom. The van der Waals surface area contributed by atoms with E-state index >= 15 is 0 Å². The maximum Gasteiger partial charge on any atom is 0.268 e. The van der Waals surface area contributed by atoms with Gasteiger partial charge >= 0.3 is 0 Å². The Kier molecular flexibility index (Phi) is 8.93. The van der Waals surface area contributed by atoms with Gasteiger partial charge in [-0.25, -0.2) is 5.48 Å². The molecular formula is C27H36N4O5. The summed E-state index contributed by atoms with van der Waals surface area (Å²) >= 11 is 0. The highest BCUT2D eigenvalue weighted by atomic mass is 16.5. The summed E-state index contributed by atoms with van der Waals surface area (Å²) in [4.78, 5) is 28.9. The van der Waals surface area contributed by atoms with E-state index in [4.69, 9.17) is 9.94 Å². The van der Waals surface area contributed by atoms with Crippen molar-refractivity contribution in [3.63, 3.8) is 0 Å². The molecule has 0 aliphatic carbocycles. The number of carbonyl (C=O) groups is 2. The Balaban J connectivity index is 1.28. The van der Waals surface area contributed by atoms with Gasteiger partial charge in [0.25, 0.3) is 11.8 Å². The minimum Gasteiger partial charge on any atom is -0.391 e. The van der Waals surface area contributed by atoms with Crippen molar-refractivity contribution in [2.45, 2.75) is 44.4 Å². The van der Waals surface area contributed by atoms with E-state index in [0.717, 1.165) is 64.5 Å². The number of nitrogens with zero attached hydrogens (tertiary/aromatic N) is 2. The van der Waals surface area contributed by atoms with Gasteiger partial charge < -0.3 is 20.1 Å². The van der Waals surface area contributed by atoms with Crippen molar-refractivity contribution in [1.82, 2.24) is 15.7 Å². The number of morpholine rings is 1. The molecule has 9 heteroatoms. The predicted octanol–water partition coefficient (Wildman–Crippen LogP) is 1.89. The summed E-state index contributed by atoms with van der Waals surface area (Å²) in [5.74, 6) is -0.824. The second-order valence-electron chi connectivity index (χ2n) is 9.61. The van der Waals surface area contributed by atoms with E-state index in [0.29, 0.717) is 11.5 Å². The lowest BCUT2D eigenvalue weighted by atomic mass is 9.88. The van der Waals surface area contributed by atoms with E-state index in [9.17, 15) is 14.7 Å². The number of aliphatic hydroxyl groups excluding tert-OH is 1. The Morgan fingerprint density at radius 1 is 1.00 bits per heavy atom. The normalized spacial score (nSPS) is 18.9. The number of aliphatic hydroxyl groups is 1. The molecule has 2 amide bonds. The number of rotatable bonds is 8. The number of nitrogens with one attached hydrogen (secondary N) is 2. The first-order valence-corrected chi connectivity index (χ1v) is 12.6. The molecule has 0 aromatic heterocycles. The largest absolute Gasteiger partial charge is 0.391 e. The summed E-state index contributed by atoms with van der Waals surface area (Å²) in [6, 6.07) is 15.1. The van der Waals surface area contributed by atoms with Crippen LogP contribution in [0.25, 0.3) is 0 Å². The van der Waals surface area contributed by atoms with Crippen molar-refractivity contribution in [2.75, 3.05) is 44.3 Å². The molecule has 4 N–H and O–H groups in total. The standard InChI is InChI=1S/C27H36N4O5/c1-19(32)25(27(34)29-35)28-26(33)23-6-8-24(9-7-23)31-12-10-22(11-13-31)21-4-2-20(3-5-21)18-30-14-16-36-17-15-30/h2-9,19,22,25,32,35H,10-18H2,1H3,(H,28,33)(H,29,34)/t19-,25+/m1/s1. The minimum absolute atomic E-state index is 0.377. The van der Waals surface area contributed by atoms with Gasteiger partial charge in [0.2, 0.25) is 0 Å². The fourth-order valence-corrected chi connectivity index (χ4v) is 4.91. The Bertz CT molecular complexity index is 998. The summed E-state index contributed by atoms with van der Waals surface area (Å²) < 4.78 is 5.43. The van der Waals surface area contributed by atoms with Gasteiger partial charge in [-0.3, -0.25) is 19.7 Å². The lowest BCUT2D eigenvalue weighted by Gasteiger charge is -2.34. The lowest BCUT2D eigenvalue weighted by Crippen LogP contribution is -2.51. The minimum atomic E-state index is -1.24. The number of hydrogen-bond acceptors (Lipinski definition) is 7. The van der Waals surface area contributed by atoms with Crippen molar-refractivity contribution >= 4 is 17.5 Å². The van der Waals surface area contributed by atoms with Crippen molar-refractivity contribution in [1.29, 1.82) is 0 Å². The lowest BCUT2D eigenvalue weighted by molar-refractivity contribution is -0.133. The zero-order valence-electron chi connectivity index (χ0n) is 20.7. The molecule has 9 nitrogen and oxygen atoms in total. The molecule has 0 unspecified atom stereocenters. The van der Waals surface area contributed by atoms with Crippen LogP contribution in [0.5, 0.6) is 0 Å². The number of hydrogen-bond donors (Lipinski definition) is 4. The summed E-state index contributed by atoms with van der Waals surface area (Å²) in [7, 11) is 0. The highest BCUT2D eigenvalue weighted by Gasteiger charge is 2.26. The molecule has 2 fully saturated rings. The molecular weight excluding hydrogens is 460 g/mol. The first-order chi connectivity index (χ1) is 17.4. The molecule has 2 aliphatic heterocycles. The van der Waals surface area contributed by atoms with Gasteiger partial charge in [-0.2, -0.15) is 0 Å². The smallest absolute Gasteiger partial charge is 0.268 e. The Morgan fingerprint density at radius 2 is 1.64 bits per heavy atom. The fraction of sp³-hybridized carbons (Fsp3) is 0.481. The Hall–Kier alpha value is -2.98. The van der Waals surface area contributed by atoms with Crippen LogP contribution in [-0.2, 0) is 16.1 Å². The average Bonchev–Trinajstić information content (AvgIpc) is 2.92. The van der Waals surface area contributed by atoms with E-state index in [1.54, 1.807) is 12.1 Å². The van der Waals surface area contributed by atoms with E-state index < -0.39 is 24.0 Å². The van der Waals surface area contributed by atoms with Gasteiger partial charge in [-0.05, 0) is 61.1 Å². The van der Waals surface area contributed by atoms with E-state index in [1.807, 2.05) is 12.1 Å². The number of amides is 2. The van der Waals surface area contributed by atoms with Crippen molar-refractivity contribution in [3.8, 4) is 0 Å². The van der Waals surface area contributed by atoms with Gasteiger partial charge in [0.1, 0.15) is 6.04 Å². The first kappa shape index (κ1) is 26.1. The van der Waals surface area contributed by atoms with Crippen molar-refractivity contribution in [3.05, 3.63) is 65.2 Å². The van der Waals surface area contributed by atoms with Crippen LogP contribution < -0.4 is 15.7 Å². The summed E-state index contributed by atoms with van der Waals surface area (Å²) in [6.45, 7) is 7.85. The monoisotopic (exact) mass is 496 g/mol. The molecule has 0 radical (unpaired) electrons. The molecule has 0 spiro atoms. The van der Waals surface area contributed by atoms with E-state index in [-0.39, 0.29) is 0 Å². The van der Waals surface area contributed by atoms with Crippen molar-refractivity contribution < 1.29 is 24.6 Å². The Labute approximate surface area is 212 Å². The van der Waals surface area contributed by atoms with Gasteiger partial charge in [0.15, 0.2) is 0 Å². The molecule has 2 heterocycles. The van der Waals surface area contributed by atoms with Crippen LogP contribution in [0.2, 0.25) is 0 Å². The molecule has 2 saturated heterocycles. The molecule has 2 atom stereocenters. The van der Waals surface area contributed by atoms with Gasteiger partial charge in [0.05, 0.1) is 19.3 Å². The maximum absolute atomic E-state index is 12.5. The van der Waals surface area contributed by atoms with E-state index in [1.165, 1.54) is 23.5 Å². The van der Waals surface area contributed by atoms with Gasteiger partial charge in [0, 0.05) is 44.0 Å². The number of hydroxylamine groups is 1. The van der Waals surface area contributed by atoms with Crippen LogP contribution >= 0.6 is 0 Å². The van der Waals surface area contributed by atoms with Crippen molar-refractivity contribution in [2.24, 2.45) is 0 Å². The summed E-state index contributed by atoms with van der Waals surface area (Å²) in [6.07, 6.45) is 0.983. The zero-order chi connectivity index (χ0) is 25.5. The second-order valence-corrected chi connectivity index (χ2v) is 9.61. The van der Waals surface area contributed by atoms with E-state index in [2.05, 4.69) is 39.4 Å².